The van der Waals surface area contributed by atoms with Crippen LogP contribution in [0.5, 0.6) is 0 Å². The van der Waals surface area contributed by atoms with Crippen LogP contribution < -0.4 is 5.73 Å². The van der Waals surface area contributed by atoms with Crippen molar-refractivity contribution in [3.63, 3.8) is 0 Å². The predicted molar refractivity (Wildman–Crippen MR) is 81.0 cm³/mol. The Balaban J connectivity index is 2.44. The van der Waals surface area contributed by atoms with Gasteiger partial charge >= 0.3 is 5.97 Å². The van der Waals surface area contributed by atoms with Gasteiger partial charge in [0.1, 0.15) is 10.5 Å². The first-order valence-electron chi connectivity index (χ1n) is 6.50. The molecule has 0 fully saturated rings. The Morgan fingerprint density at radius 1 is 1.45 bits per heavy atom. The van der Waals surface area contributed by atoms with E-state index < -0.39 is 5.60 Å². The molecule has 0 bridgehead atoms. The van der Waals surface area contributed by atoms with Crippen molar-refractivity contribution in [2.45, 2.75) is 39.7 Å². The van der Waals surface area contributed by atoms with Crippen LogP contribution in [0.4, 0.5) is 5.69 Å². The molecular formula is C15H19NO3S. The van der Waals surface area contributed by atoms with Crippen LogP contribution in [0, 0.1) is 0 Å². The van der Waals surface area contributed by atoms with Gasteiger partial charge in [0.2, 0.25) is 0 Å². The third kappa shape index (κ3) is 2.88. The summed E-state index contributed by atoms with van der Waals surface area (Å²) in [5.74, 6) is -0.371. The van der Waals surface area contributed by atoms with Crippen molar-refractivity contribution in [1.29, 1.82) is 0 Å². The highest BCUT2D eigenvalue weighted by molar-refractivity contribution is 7.18. The zero-order valence-corrected chi connectivity index (χ0v) is 13.0. The van der Waals surface area contributed by atoms with Crippen LogP contribution in [0.1, 0.15) is 42.9 Å². The minimum Gasteiger partial charge on any atom is -0.472 e. The van der Waals surface area contributed by atoms with Crippen LogP contribution in [0.3, 0.4) is 0 Å². The van der Waals surface area contributed by atoms with Crippen LogP contribution in [-0.2, 0) is 11.2 Å². The van der Waals surface area contributed by atoms with E-state index in [2.05, 4.69) is 0 Å². The number of ether oxygens (including phenoxy) is 1. The predicted octanol–water partition coefficient (Wildman–Crippen LogP) is 4.11. The number of hydrogen-bond donors (Lipinski definition) is 1. The van der Waals surface area contributed by atoms with E-state index in [1.54, 1.807) is 12.5 Å². The maximum Gasteiger partial charge on any atom is 0.351 e. The smallest absolute Gasteiger partial charge is 0.351 e. The molecule has 0 unspecified atom stereocenters. The van der Waals surface area contributed by atoms with Crippen molar-refractivity contribution in [3.8, 4) is 10.4 Å². The number of anilines is 1. The molecule has 2 rings (SSSR count). The first kappa shape index (κ1) is 14.7. The van der Waals surface area contributed by atoms with Gasteiger partial charge in [0.15, 0.2) is 0 Å². The summed E-state index contributed by atoms with van der Waals surface area (Å²) in [7, 11) is 0. The van der Waals surface area contributed by atoms with Crippen molar-refractivity contribution in [2.24, 2.45) is 0 Å². The monoisotopic (exact) mass is 293 g/mol. The largest absolute Gasteiger partial charge is 0.472 e. The molecule has 2 aromatic heterocycles. The van der Waals surface area contributed by atoms with Gasteiger partial charge in [0.05, 0.1) is 18.2 Å². The molecule has 0 aliphatic heterocycles. The first-order chi connectivity index (χ1) is 9.33. The second-order valence-corrected chi connectivity index (χ2v) is 6.54. The number of thiophene rings is 1. The van der Waals surface area contributed by atoms with Crippen LogP contribution in [0.25, 0.3) is 10.4 Å². The third-order valence-electron chi connectivity index (χ3n) is 2.77. The lowest BCUT2D eigenvalue weighted by atomic mass is 10.1. The molecule has 2 N–H and O–H groups in total. The topological polar surface area (TPSA) is 65.5 Å². The molecule has 0 aliphatic rings. The summed E-state index contributed by atoms with van der Waals surface area (Å²) in [5.41, 5.74) is 8.01. The van der Waals surface area contributed by atoms with E-state index in [9.17, 15) is 4.79 Å². The molecule has 0 amide bonds. The van der Waals surface area contributed by atoms with Crippen molar-refractivity contribution in [2.75, 3.05) is 5.73 Å². The van der Waals surface area contributed by atoms with Gasteiger partial charge in [-0.15, -0.1) is 11.3 Å². The molecule has 0 aromatic carbocycles. The molecule has 0 spiro atoms. The molecule has 5 heteroatoms. The third-order valence-corrected chi connectivity index (χ3v) is 4.05. The molecule has 2 aromatic rings. The van der Waals surface area contributed by atoms with Crippen LogP contribution >= 0.6 is 11.3 Å². The van der Waals surface area contributed by atoms with E-state index >= 15 is 0 Å². The molecule has 0 saturated heterocycles. The van der Waals surface area contributed by atoms with Crippen LogP contribution in [-0.4, -0.2) is 11.6 Å². The minimum atomic E-state index is -0.532. The molecular weight excluding hydrogens is 274 g/mol. The molecule has 0 saturated carbocycles. The van der Waals surface area contributed by atoms with E-state index in [1.165, 1.54) is 11.3 Å². The van der Waals surface area contributed by atoms with Crippen LogP contribution in [0.2, 0.25) is 0 Å². The molecule has 0 aliphatic carbocycles. The number of nitrogens with two attached hydrogens (primary N) is 1. The number of furan rings is 1. The maximum absolute atomic E-state index is 12.2. The Kier molecular flexibility index (Phi) is 3.90. The zero-order valence-electron chi connectivity index (χ0n) is 12.1. The lowest BCUT2D eigenvalue weighted by molar-refractivity contribution is 0.00763. The summed E-state index contributed by atoms with van der Waals surface area (Å²) in [6, 6.07) is 1.86. The molecule has 2 heterocycles. The van der Waals surface area contributed by atoms with Gasteiger partial charge in [-0.3, -0.25) is 0 Å². The van der Waals surface area contributed by atoms with Crippen LogP contribution in [0.15, 0.2) is 23.0 Å². The van der Waals surface area contributed by atoms with Crippen molar-refractivity contribution in [3.05, 3.63) is 29.0 Å². The number of carbonyl (C=O) groups is 1. The summed E-state index contributed by atoms with van der Waals surface area (Å²) in [5, 5.41) is 0. The second-order valence-electron chi connectivity index (χ2n) is 5.52. The highest BCUT2D eigenvalue weighted by Gasteiger charge is 2.25. The lowest BCUT2D eigenvalue weighted by Gasteiger charge is -2.19. The molecule has 20 heavy (non-hydrogen) atoms. The van der Waals surface area contributed by atoms with Gasteiger partial charge in [-0.05, 0) is 38.8 Å². The van der Waals surface area contributed by atoms with Crippen molar-refractivity contribution < 1.29 is 13.9 Å². The molecule has 4 nitrogen and oxygen atoms in total. The Morgan fingerprint density at radius 3 is 2.65 bits per heavy atom. The van der Waals surface area contributed by atoms with Crippen molar-refractivity contribution in [1.82, 2.24) is 0 Å². The van der Waals surface area contributed by atoms with E-state index in [0.29, 0.717) is 10.6 Å². The molecule has 0 atom stereocenters. The number of esters is 1. The quantitative estimate of drug-likeness (QED) is 0.865. The Hall–Kier alpha value is -1.75. The maximum atomic E-state index is 12.2. The molecule has 108 valence electrons. The summed E-state index contributed by atoms with van der Waals surface area (Å²) in [4.78, 5) is 13.7. The average molecular weight is 293 g/mol. The Labute approximate surface area is 122 Å². The minimum absolute atomic E-state index is 0.371. The fourth-order valence-corrected chi connectivity index (χ4v) is 3.11. The summed E-state index contributed by atoms with van der Waals surface area (Å²) in [6.45, 7) is 7.53. The highest BCUT2D eigenvalue weighted by Crippen LogP contribution is 2.39. The average Bonchev–Trinajstić information content (AvgIpc) is 2.93. The lowest BCUT2D eigenvalue weighted by Crippen LogP contribution is -2.23. The first-order valence-corrected chi connectivity index (χ1v) is 7.32. The fourth-order valence-electron chi connectivity index (χ4n) is 1.93. The van der Waals surface area contributed by atoms with Gasteiger partial charge in [-0.1, -0.05) is 6.92 Å². The number of hydrogen-bond acceptors (Lipinski definition) is 5. The van der Waals surface area contributed by atoms with Gasteiger partial charge in [0, 0.05) is 10.4 Å². The number of carbonyl (C=O) groups excluding carboxylic acids is 1. The van der Waals surface area contributed by atoms with E-state index in [-0.39, 0.29) is 5.97 Å². The fraction of sp³-hybridized carbons (Fsp3) is 0.400. The zero-order chi connectivity index (χ0) is 14.9. The van der Waals surface area contributed by atoms with Gasteiger partial charge in [0.25, 0.3) is 0 Å². The Morgan fingerprint density at radius 2 is 2.15 bits per heavy atom. The SMILES string of the molecule is CCc1c(-c2ccoc2)sc(C(=O)OC(C)(C)C)c1N. The summed E-state index contributed by atoms with van der Waals surface area (Å²) < 4.78 is 10.5. The molecule has 0 radical (unpaired) electrons. The van der Waals surface area contributed by atoms with E-state index in [1.807, 2.05) is 33.8 Å². The van der Waals surface area contributed by atoms with Gasteiger partial charge < -0.3 is 14.9 Å². The van der Waals surface area contributed by atoms with E-state index in [4.69, 9.17) is 14.9 Å². The van der Waals surface area contributed by atoms with Crippen molar-refractivity contribution >= 4 is 23.0 Å². The highest BCUT2D eigenvalue weighted by atomic mass is 32.1. The van der Waals surface area contributed by atoms with Gasteiger partial charge in [-0.25, -0.2) is 4.79 Å². The van der Waals surface area contributed by atoms with E-state index in [0.717, 1.165) is 22.4 Å². The summed E-state index contributed by atoms with van der Waals surface area (Å²) in [6.07, 6.45) is 4.02. The standard InChI is InChI=1S/C15H19NO3S/c1-5-10-11(16)13(14(17)19-15(2,3)4)20-12(10)9-6-7-18-8-9/h6-8H,5,16H2,1-4H3. The summed E-state index contributed by atoms with van der Waals surface area (Å²) >= 11 is 1.36. The second kappa shape index (κ2) is 5.32. The normalized spacial score (nSPS) is 11.6. The van der Waals surface area contributed by atoms with Gasteiger partial charge in [-0.2, -0.15) is 0 Å². The number of nitrogen functional groups attached to an aromatic ring is 1. The number of rotatable bonds is 3. The Bertz CT molecular complexity index is 606.